The Hall–Kier alpha value is -0.280. The molecule has 2 nitrogen and oxygen atoms in total. The number of rotatable bonds is 4. The summed E-state index contributed by atoms with van der Waals surface area (Å²) in [6.45, 7) is 6.62. The summed E-state index contributed by atoms with van der Waals surface area (Å²) in [6.07, 6.45) is 1.20. The van der Waals surface area contributed by atoms with Gasteiger partial charge >= 0.3 is 0 Å². The molecule has 1 N–H and O–H groups in total. The summed E-state index contributed by atoms with van der Waals surface area (Å²) in [6, 6.07) is 6.67. The fraction of sp³-hybridized carbons (Fsp3) is 0.600. The molecule has 1 aliphatic rings. The first kappa shape index (κ1) is 15.1. The summed E-state index contributed by atoms with van der Waals surface area (Å²) in [5.74, 6) is 0.586. The highest BCUT2D eigenvalue weighted by Gasteiger charge is 2.37. The summed E-state index contributed by atoms with van der Waals surface area (Å²) >= 11 is 12.6. The molecule has 1 fully saturated rings. The maximum absolute atomic E-state index is 6.41. The van der Waals surface area contributed by atoms with Crippen molar-refractivity contribution < 1.29 is 0 Å². The molecule has 1 aromatic carbocycles. The maximum atomic E-state index is 6.41. The van der Waals surface area contributed by atoms with Crippen LogP contribution in [0.2, 0.25) is 10.0 Å². The van der Waals surface area contributed by atoms with Gasteiger partial charge in [-0.25, -0.2) is 0 Å². The van der Waals surface area contributed by atoms with Crippen molar-refractivity contribution in [2.24, 2.45) is 5.92 Å². The van der Waals surface area contributed by atoms with Gasteiger partial charge in [-0.15, -0.1) is 0 Å². The molecular formula is C15H22Cl2N2. The van der Waals surface area contributed by atoms with E-state index in [4.69, 9.17) is 23.2 Å². The SMILES string of the molecule is CNCC1CCN(C(C)C)C1c1cc(Cl)ccc1Cl. The van der Waals surface area contributed by atoms with Crippen LogP contribution in [0.4, 0.5) is 0 Å². The molecule has 0 bridgehead atoms. The Morgan fingerprint density at radius 2 is 2.11 bits per heavy atom. The number of hydrogen-bond acceptors (Lipinski definition) is 2. The van der Waals surface area contributed by atoms with Crippen molar-refractivity contribution in [2.75, 3.05) is 20.1 Å². The minimum absolute atomic E-state index is 0.360. The minimum Gasteiger partial charge on any atom is -0.319 e. The van der Waals surface area contributed by atoms with E-state index in [1.807, 2.05) is 25.2 Å². The number of nitrogens with zero attached hydrogens (tertiary/aromatic N) is 1. The van der Waals surface area contributed by atoms with Crippen molar-refractivity contribution in [1.82, 2.24) is 10.2 Å². The lowest BCUT2D eigenvalue weighted by Crippen LogP contribution is -2.34. The molecule has 19 heavy (non-hydrogen) atoms. The molecular weight excluding hydrogens is 279 g/mol. The van der Waals surface area contributed by atoms with E-state index in [0.29, 0.717) is 18.0 Å². The fourth-order valence-corrected chi connectivity index (χ4v) is 3.52. The molecule has 0 saturated carbocycles. The van der Waals surface area contributed by atoms with Gasteiger partial charge in [-0.1, -0.05) is 23.2 Å². The second kappa shape index (κ2) is 6.45. The van der Waals surface area contributed by atoms with E-state index in [-0.39, 0.29) is 0 Å². The quantitative estimate of drug-likeness (QED) is 0.905. The van der Waals surface area contributed by atoms with Crippen LogP contribution in [0.15, 0.2) is 18.2 Å². The predicted molar refractivity (Wildman–Crippen MR) is 83.1 cm³/mol. The number of likely N-dealkylation sites (tertiary alicyclic amines) is 1. The predicted octanol–water partition coefficient (Wildman–Crippen LogP) is 3.98. The Kier molecular flexibility index (Phi) is 5.13. The van der Waals surface area contributed by atoms with E-state index >= 15 is 0 Å². The lowest BCUT2D eigenvalue weighted by atomic mass is 9.93. The molecule has 2 atom stereocenters. The zero-order chi connectivity index (χ0) is 14.0. The first-order valence-corrected chi connectivity index (χ1v) is 7.65. The number of halogens is 2. The monoisotopic (exact) mass is 300 g/mol. The van der Waals surface area contributed by atoms with Crippen LogP contribution >= 0.6 is 23.2 Å². The van der Waals surface area contributed by atoms with Gasteiger partial charge in [0.05, 0.1) is 0 Å². The van der Waals surface area contributed by atoms with Gasteiger partial charge in [0.15, 0.2) is 0 Å². The molecule has 0 aliphatic carbocycles. The van der Waals surface area contributed by atoms with Gasteiger partial charge in [0.25, 0.3) is 0 Å². The fourth-order valence-electron chi connectivity index (χ4n) is 3.11. The van der Waals surface area contributed by atoms with Gasteiger partial charge in [0, 0.05) is 22.1 Å². The summed E-state index contributed by atoms with van der Waals surface area (Å²) in [5.41, 5.74) is 1.17. The van der Waals surface area contributed by atoms with Crippen molar-refractivity contribution in [3.05, 3.63) is 33.8 Å². The van der Waals surface area contributed by atoms with E-state index in [2.05, 4.69) is 24.1 Å². The molecule has 106 valence electrons. The molecule has 4 heteroatoms. The van der Waals surface area contributed by atoms with Crippen LogP contribution in [0, 0.1) is 5.92 Å². The van der Waals surface area contributed by atoms with E-state index in [1.54, 1.807) is 0 Å². The molecule has 0 amide bonds. The number of benzene rings is 1. The summed E-state index contributed by atoms with van der Waals surface area (Å²) < 4.78 is 0. The van der Waals surface area contributed by atoms with Crippen LogP contribution in [0.25, 0.3) is 0 Å². The van der Waals surface area contributed by atoms with Crippen LogP contribution in [-0.2, 0) is 0 Å². The lowest BCUT2D eigenvalue weighted by molar-refractivity contribution is 0.182. The summed E-state index contributed by atoms with van der Waals surface area (Å²) in [7, 11) is 2.01. The first-order valence-electron chi connectivity index (χ1n) is 6.90. The van der Waals surface area contributed by atoms with Crippen molar-refractivity contribution in [2.45, 2.75) is 32.4 Å². The maximum Gasteiger partial charge on any atom is 0.0455 e. The van der Waals surface area contributed by atoms with Crippen molar-refractivity contribution in [3.8, 4) is 0 Å². The standard InChI is InChI=1S/C15H22Cl2N2/c1-10(2)19-7-6-11(9-18-3)15(19)13-8-12(16)4-5-14(13)17/h4-5,8,10-11,15,18H,6-7,9H2,1-3H3. The molecule has 0 aromatic heterocycles. The highest BCUT2D eigenvalue weighted by atomic mass is 35.5. The third kappa shape index (κ3) is 3.25. The van der Waals surface area contributed by atoms with E-state index in [9.17, 15) is 0 Å². The molecule has 0 radical (unpaired) electrons. The number of hydrogen-bond donors (Lipinski definition) is 1. The van der Waals surface area contributed by atoms with Crippen LogP contribution in [0.3, 0.4) is 0 Å². The van der Waals surface area contributed by atoms with Crippen LogP contribution in [0.1, 0.15) is 31.9 Å². The van der Waals surface area contributed by atoms with E-state index < -0.39 is 0 Å². The third-order valence-corrected chi connectivity index (χ3v) is 4.55. The van der Waals surface area contributed by atoms with Crippen molar-refractivity contribution >= 4 is 23.2 Å². The third-order valence-electron chi connectivity index (χ3n) is 3.97. The van der Waals surface area contributed by atoms with Gasteiger partial charge < -0.3 is 5.32 Å². The largest absolute Gasteiger partial charge is 0.319 e. The number of nitrogens with one attached hydrogen (secondary N) is 1. The van der Waals surface area contributed by atoms with Gasteiger partial charge in [0.2, 0.25) is 0 Å². The smallest absolute Gasteiger partial charge is 0.0455 e. The summed E-state index contributed by atoms with van der Waals surface area (Å²) in [5, 5.41) is 4.88. The molecule has 1 aliphatic heterocycles. The minimum atomic E-state index is 0.360. The average molecular weight is 301 g/mol. The highest BCUT2D eigenvalue weighted by molar-refractivity contribution is 6.33. The van der Waals surface area contributed by atoms with Crippen LogP contribution < -0.4 is 5.32 Å². The van der Waals surface area contributed by atoms with E-state index in [1.165, 1.54) is 12.0 Å². The Morgan fingerprint density at radius 3 is 2.74 bits per heavy atom. The van der Waals surface area contributed by atoms with Gasteiger partial charge in [0.1, 0.15) is 0 Å². The molecule has 2 rings (SSSR count). The zero-order valence-electron chi connectivity index (χ0n) is 11.8. The molecule has 0 spiro atoms. The van der Waals surface area contributed by atoms with Crippen LogP contribution in [-0.4, -0.2) is 31.1 Å². The van der Waals surface area contributed by atoms with Crippen LogP contribution in [0.5, 0.6) is 0 Å². The summed E-state index contributed by atoms with van der Waals surface area (Å²) in [4.78, 5) is 2.53. The van der Waals surface area contributed by atoms with Crippen molar-refractivity contribution in [1.29, 1.82) is 0 Å². The highest BCUT2D eigenvalue weighted by Crippen LogP contribution is 2.41. The molecule has 1 aromatic rings. The lowest BCUT2D eigenvalue weighted by Gasteiger charge is -2.32. The Morgan fingerprint density at radius 1 is 1.37 bits per heavy atom. The van der Waals surface area contributed by atoms with Gasteiger partial charge in [-0.2, -0.15) is 0 Å². The zero-order valence-corrected chi connectivity index (χ0v) is 13.3. The first-order chi connectivity index (χ1) is 9.04. The Bertz CT molecular complexity index is 434. The molecule has 1 saturated heterocycles. The average Bonchev–Trinajstić information content (AvgIpc) is 2.76. The van der Waals surface area contributed by atoms with Gasteiger partial charge in [-0.05, 0) is 70.1 Å². The van der Waals surface area contributed by atoms with Gasteiger partial charge in [-0.3, -0.25) is 4.90 Å². The second-order valence-electron chi connectivity index (χ2n) is 5.55. The van der Waals surface area contributed by atoms with E-state index in [0.717, 1.165) is 23.1 Å². The van der Waals surface area contributed by atoms with Crippen molar-refractivity contribution in [3.63, 3.8) is 0 Å². The normalized spacial score (nSPS) is 24.3. The topological polar surface area (TPSA) is 15.3 Å². The second-order valence-corrected chi connectivity index (χ2v) is 6.39. The Balaban J connectivity index is 2.37. The molecule has 1 heterocycles. The Labute approximate surface area is 126 Å². The molecule has 2 unspecified atom stereocenters.